The summed E-state index contributed by atoms with van der Waals surface area (Å²) >= 11 is 0. The normalized spacial score (nSPS) is 11.6. The van der Waals surface area contributed by atoms with E-state index in [1.165, 1.54) is 5.56 Å². The van der Waals surface area contributed by atoms with E-state index >= 15 is 0 Å². The number of rotatable bonds is 18. The van der Waals surface area contributed by atoms with Crippen LogP contribution in [-0.4, -0.2) is 61.7 Å². The molecule has 0 fully saturated rings. The number of aliphatic hydroxyl groups excluding tert-OH is 1. The number of benzene rings is 1. The first-order valence-corrected chi connectivity index (χ1v) is 11.7. The number of amides is 2. The first-order chi connectivity index (χ1) is 16.0. The van der Waals surface area contributed by atoms with E-state index in [0.29, 0.717) is 25.2 Å². The third-order valence-electron chi connectivity index (χ3n) is 5.04. The number of nitrogens with one attached hydrogen (secondary N) is 3. The molecule has 1 rings (SSSR count). The fourth-order valence-corrected chi connectivity index (χ4v) is 3.20. The predicted molar refractivity (Wildman–Crippen MR) is 132 cm³/mol. The van der Waals surface area contributed by atoms with Crippen LogP contribution in [0.1, 0.15) is 50.5 Å². The Labute approximate surface area is 196 Å². The molecule has 0 heterocycles. The highest BCUT2D eigenvalue weighted by atomic mass is 16.3. The molecule has 1 atom stereocenters. The van der Waals surface area contributed by atoms with Gasteiger partial charge >= 0.3 is 0 Å². The number of carbonyl (C=O) groups excluding carboxylic acids is 2. The van der Waals surface area contributed by atoms with Gasteiger partial charge in [0.15, 0.2) is 5.96 Å². The fourth-order valence-electron chi connectivity index (χ4n) is 3.20. The molecule has 0 aliphatic rings. The van der Waals surface area contributed by atoms with Gasteiger partial charge in [-0.2, -0.15) is 0 Å². The molecule has 10 nitrogen and oxygen atoms in total. The number of hydrogen-bond acceptors (Lipinski definition) is 6. The maximum Gasteiger partial charge on any atom is 0.244 e. The van der Waals surface area contributed by atoms with E-state index in [1.807, 2.05) is 24.3 Å². The molecule has 0 spiro atoms. The molecule has 0 unspecified atom stereocenters. The third-order valence-corrected chi connectivity index (χ3v) is 5.04. The molecule has 0 bridgehead atoms. The molecule has 1 aromatic rings. The standard InChI is InChI=1S/C23H41N7O3/c24-13-6-15-27-14-4-5-16-28-22(33)20(17-31)30-21(32)8-3-1-2-7-18-9-11-19(12-10-18)29-23(25)26/h9-12,20,27,31H,1-8,13-17,24H2,(H,28,33)(H,30,32)(H4,25,26,29)/t20-/m0/s1. The number of carbonyl (C=O) groups is 2. The highest BCUT2D eigenvalue weighted by Gasteiger charge is 2.19. The molecule has 1 aromatic carbocycles. The van der Waals surface area contributed by atoms with Crippen molar-refractivity contribution in [3.8, 4) is 0 Å². The van der Waals surface area contributed by atoms with Gasteiger partial charge in [0.2, 0.25) is 11.8 Å². The van der Waals surface area contributed by atoms with Crippen LogP contribution in [0, 0.1) is 0 Å². The molecule has 0 radical (unpaired) electrons. The summed E-state index contributed by atoms with van der Waals surface area (Å²) in [7, 11) is 0. The van der Waals surface area contributed by atoms with Crippen molar-refractivity contribution in [2.24, 2.45) is 22.2 Å². The van der Waals surface area contributed by atoms with Crippen LogP contribution < -0.4 is 33.2 Å². The SMILES string of the molecule is NCCCNCCCCNC(=O)[C@H](CO)NC(=O)CCCCCc1ccc(N=C(N)N)cc1. The number of aliphatic hydroxyl groups is 1. The summed E-state index contributed by atoms with van der Waals surface area (Å²) in [4.78, 5) is 28.3. The Morgan fingerprint density at radius 3 is 2.30 bits per heavy atom. The van der Waals surface area contributed by atoms with Gasteiger partial charge in [-0.3, -0.25) is 9.59 Å². The molecule has 33 heavy (non-hydrogen) atoms. The Bertz CT molecular complexity index is 707. The summed E-state index contributed by atoms with van der Waals surface area (Å²) in [5.74, 6) is -0.551. The maximum atomic E-state index is 12.2. The number of nitrogens with zero attached hydrogens (tertiary/aromatic N) is 1. The average Bonchev–Trinajstić information content (AvgIpc) is 2.79. The number of aliphatic imine (C=N–C) groups is 1. The van der Waals surface area contributed by atoms with Crippen molar-refractivity contribution < 1.29 is 14.7 Å². The van der Waals surface area contributed by atoms with Crippen molar-refractivity contribution in [1.29, 1.82) is 0 Å². The summed E-state index contributed by atoms with van der Waals surface area (Å²) in [6.45, 7) is 2.54. The largest absolute Gasteiger partial charge is 0.394 e. The van der Waals surface area contributed by atoms with Crippen molar-refractivity contribution in [3.63, 3.8) is 0 Å². The lowest BCUT2D eigenvalue weighted by Crippen LogP contribution is -2.49. The Morgan fingerprint density at radius 2 is 1.64 bits per heavy atom. The highest BCUT2D eigenvalue weighted by Crippen LogP contribution is 2.15. The summed E-state index contributed by atoms with van der Waals surface area (Å²) in [6, 6.07) is 6.78. The molecule has 0 aromatic heterocycles. The van der Waals surface area contributed by atoms with E-state index in [1.54, 1.807) is 0 Å². The molecular weight excluding hydrogens is 422 g/mol. The van der Waals surface area contributed by atoms with E-state index in [2.05, 4.69) is 20.9 Å². The Balaban J connectivity index is 2.15. The zero-order valence-corrected chi connectivity index (χ0v) is 19.5. The first-order valence-electron chi connectivity index (χ1n) is 11.7. The second-order valence-corrected chi connectivity index (χ2v) is 7.96. The molecule has 186 valence electrons. The molecular formula is C23H41N7O3. The van der Waals surface area contributed by atoms with Gasteiger partial charge in [-0.25, -0.2) is 4.99 Å². The van der Waals surface area contributed by atoms with Crippen LogP contribution in [0.5, 0.6) is 0 Å². The number of aryl methyl sites for hydroxylation is 1. The molecule has 10 heteroatoms. The second-order valence-electron chi connectivity index (χ2n) is 7.96. The molecule has 0 saturated heterocycles. The van der Waals surface area contributed by atoms with Crippen LogP contribution >= 0.6 is 0 Å². The van der Waals surface area contributed by atoms with Crippen molar-refractivity contribution in [1.82, 2.24) is 16.0 Å². The highest BCUT2D eigenvalue weighted by molar-refractivity contribution is 5.87. The van der Waals surface area contributed by atoms with Crippen LogP contribution in [0.25, 0.3) is 0 Å². The van der Waals surface area contributed by atoms with E-state index in [4.69, 9.17) is 17.2 Å². The second kappa shape index (κ2) is 17.8. The Hall–Kier alpha value is -2.69. The number of unbranched alkanes of at least 4 members (excludes halogenated alkanes) is 3. The van der Waals surface area contributed by atoms with E-state index in [-0.39, 0.29) is 17.8 Å². The van der Waals surface area contributed by atoms with Crippen LogP contribution in [0.2, 0.25) is 0 Å². The predicted octanol–water partition coefficient (Wildman–Crippen LogP) is 0.00630. The summed E-state index contributed by atoms with van der Waals surface area (Å²) in [5, 5.41) is 18.1. The van der Waals surface area contributed by atoms with Crippen LogP contribution in [-0.2, 0) is 16.0 Å². The third kappa shape index (κ3) is 14.1. The lowest BCUT2D eigenvalue weighted by Gasteiger charge is -2.16. The number of nitrogens with two attached hydrogens (primary N) is 3. The van der Waals surface area contributed by atoms with E-state index < -0.39 is 12.6 Å². The average molecular weight is 464 g/mol. The van der Waals surface area contributed by atoms with Gasteiger partial charge in [0.25, 0.3) is 0 Å². The number of hydrogen-bond donors (Lipinski definition) is 7. The van der Waals surface area contributed by atoms with Crippen LogP contribution in [0.3, 0.4) is 0 Å². The summed E-state index contributed by atoms with van der Waals surface area (Å²) in [5.41, 5.74) is 18.0. The van der Waals surface area contributed by atoms with Crippen molar-refractivity contribution in [2.75, 3.05) is 32.8 Å². The van der Waals surface area contributed by atoms with Crippen molar-refractivity contribution >= 4 is 23.5 Å². The maximum absolute atomic E-state index is 12.2. The van der Waals surface area contributed by atoms with Gasteiger partial charge < -0.3 is 38.3 Å². The van der Waals surface area contributed by atoms with Gasteiger partial charge in [-0.1, -0.05) is 18.6 Å². The number of guanidine groups is 1. The van der Waals surface area contributed by atoms with Crippen molar-refractivity contribution in [2.45, 2.75) is 57.4 Å². The van der Waals surface area contributed by atoms with E-state index in [9.17, 15) is 14.7 Å². The summed E-state index contributed by atoms with van der Waals surface area (Å²) in [6.07, 6.45) is 6.47. The minimum absolute atomic E-state index is 0.0317. The van der Waals surface area contributed by atoms with Gasteiger partial charge in [0.05, 0.1) is 12.3 Å². The van der Waals surface area contributed by atoms with Crippen LogP contribution in [0.4, 0.5) is 5.69 Å². The Morgan fingerprint density at radius 1 is 0.939 bits per heavy atom. The fraction of sp³-hybridized carbons (Fsp3) is 0.609. The smallest absolute Gasteiger partial charge is 0.244 e. The van der Waals surface area contributed by atoms with Crippen molar-refractivity contribution in [3.05, 3.63) is 29.8 Å². The Kier molecular flexibility index (Phi) is 15.3. The van der Waals surface area contributed by atoms with Crippen LogP contribution in [0.15, 0.2) is 29.3 Å². The van der Waals surface area contributed by atoms with Gasteiger partial charge in [0.1, 0.15) is 6.04 Å². The minimum Gasteiger partial charge on any atom is -0.394 e. The minimum atomic E-state index is -0.913. The molecule has 2 amide bonds. The summed E-state index contributed by atoms with van der Waals surface area (Å²) < 4.78 is 0. The lowest BCUT2D eigenvalue weighted by molar-refractivity contribution is -0.130. The topological polar surface area (TPSA) is 181 Å². The zero-order chi connectivity index (χ0) is 24.3. The first kappa shape index (κ1) is 28.3. The quantitative estimate of drug-likeness (QED) is 0.0909. The lowest BCUT2D eigenvalue weighted by atomic mass is 10.1. The monoisotopic (exact) mass is 463 g/mol. The van der Waals surface area contributed by atoms with Gasteiger partial charge in [0, 0.05) is 13.0 Å². The van der Waals surface area contributed by atoms with E-state index in [0.717, 1.165) is 58.0 Å². The molecule has 0 saturated carbocycles. The van der Waals surface area contributed by atoms with Gasteiger partial charge in [-0.05, 0) is 75.9 Å². The molecule has 0 aliphatic carbocycles. The zero-order valence-electron chi connectivity index (χ0n) is 19.5. The van der Waals surface area contributed by atoms with Gasteiger partial charge in [-0.15, -0.1) is 0 Å². The molecule has 0 aliphatic heterocycles. The molecule has 10 N–H and O–H groups in total.